The lowest BCUT2D eigenvalue weighted by molar-refractivity contribution is 0.0963. The van der Waals surface area contributed by atoms with Gasteiger partial charge in [0.1, 0.15) is 0 Å². The Bertz CT molecular complexity index is 189. The number of hydrogen-bond acceptors (Lipinski definition) is 1. The van der Waals surface area contributed by atoms with E-state index in [1.165, 1.54) is 19.5 Å². The highest BCUT2D eigenvalue weighted by Gasteiger charge is 2.48. The average molecular weight is 165 g/mol. The maximum atomic E-state index is 2.54. The third-order valence-electron chi connectivity index (χ3n) is 4.64. The molecule has 68 valence electrons. The summed E-state index contributed by atoms with van der Waals surface area (Å²) in [6.07, 6.45) is 6.21. The fraction of sp³-hybridized carbons (Fsp3) is 1.00. The van der Waals surface area contributed by atoms with Crippen molar-refractivity contribution in [2.75, 3.05) is 20.1 Å². The van der Waals surface area contributed by atoms with Crippen LogP contribution in [0.25, 0.3) is 0 Å². The fourth-order valence-electron chi connectivity index (χ4n) is 4.08. The molecule has 0 aromatic carbocycles. The summed E-state index contributed by atoms with van der Waals surface area (Å²) in [7, 11) is 2.29. The Morgan fingerprint density at radius 1 is 1.00 bits per heavy atom. The van der Waals surface area contributed by atoms with E-state index in [2.05, 4.69) is 11.9 Å². The van der Waals surface area contributed by atoms with Crippen LogP contribution in [0.5, 0.6) is 0 Å². The number of nitrogens with zero attached hydrogens (tertiary/aromatic N) is 1. The van der Waals surface area contributed by atoms with E-state index in [9.17, 15) is 0 Å². The lowest BCUT2D eigenvalue weighted by Crippen LogP contribution is -2.40. The van der Waals surface area contributed by atoms with Crippen LogP contribution in [0.3, 0.4) is 0 Å². The van der Waals surface area contributed by atoms with Gasteiger partial charge in [-0.25, -0.2) is 0 Å². The van der Waals surface area contributed by atoms with Crippen LogP contribution in [-0.4, -0.2) is 25.0 Å². The third kappa shape index (κ3) is 0.891. The summed E-state index contributed by atoms with van der Waals surface area (Å²) in [6.45, 7) is 2.77. The van der Waals surface area contributed by atoms with E-state index >= 15 is 0 Å². The van der Waals surface area contributed by atoms with Crippen molar-refractivity contribution in [2.45, 2.75) is 25.7 Å². The van der Waals surface area contributed by atoms with E-state index in [0.29, 0.717) is 0 Å². The summed E-state index contributed by atoms with van der Waals surface area (Å²) in [6, 6.07) is 0. The van der Waals surface area contributed by atoms with Crippen molar-refractivity contribution < 1.29 is 0 Å². The van der Waals surface area contributed by atoms with Crippen molar-refractivity contribution in [1.29, 1.82) is 0 Å². The van der Waals surface area contributed by atoms with Crippen LogP contribution in [0.2, 0.25) is 0 Å². The second-order valence-corrected chi connectivity index (χ2v) is 5.21. The largest absolute Gasteiger partial charge is 0.306 e. The highest BCUT2D eigenvalue weighted by Crippen LogP contribution is 2.54. The van der Waals surface area contributed by atoms with Crippen molar-refractivity contribution in [3.05, 3.63) is 0 Å². The zero-order valence-corrected chi connectivity index (χ0v) is 8.00. The van der Waals surface area contributed by atoms with E-state index in [0.717, 1.165) is 23.7 Å². The molecular weight excluding hydrogens is 146 g/mol. The van der Waals surface area contributed by atoms with Gasteiger partial charge in [0.2, 0.25) is 0 Å². The molecule has 1 aliphatic heterocycles. The Hall–Kier alpha value is -0.0400. The predicted molar refractivity (Wildman–Crippen MR) is 49.9 cm³/mol. The second kappa shape index (κ2) is 2.47. The molecular formula is C11H19N. The van der Waals surface area contributed by atoms with Gasteiger partial charge in [0.05, 0.1) is 0 Å². The number of likely N-dealkylation sites (tertiary alicyclic amines) is 1. The van der Waals surface area contributed by atoms with Crippen LogP contribution >= 0.6 is 0 Å². The molecule has 0 spiro atoms. The van der Waals surface area contributed by atoms with Crippen molar-refractivity contribution in [2.24, 2.45) is 23.7 Å². The second-order valence-electron chi connectivity index (χ2n) is 5.21. The molecule has 12 heavy (non-hydrogen) atoms. The normalized spacial score (nSPS) is 52.8. The molecule has 3 rings (SSSR count). The van der Waals surface area contributed by atoms with Gasteiger partial charge in [0, 0.05) is 6.54 Å². The molecule has 3 aliphatic rings. The summed E-state index contributed by atoms with van der Waals surface area (Å²) in [5.41, 5.74) is 0. The molecule has 1 heteroatoms. The molecule has 1 saturated heterocycles. The third-order valence-corrected chi connectivity index (χ3v) is 4.64. The van der Waals surface area contributed by atoms with Gasteiger partial charge in [0.15, 0.2) is 0 Å². The first-order valence-electron chi connectivity index (χ1n) is 5.53. The van der Waals surface area contributed by atoms with Gasteiger partial charge in [-0.3, -0.25) is 0 Å². The Balaban J connectivity index is 1.81. The van der Waals surface area contributed by atoms with Gasteiger partial charge in [-0.1, -0.05) is 0 Å². The van der Waals surface area contributed by atoms with Crippen molar-refractivity contribution >= 4 is 0 Å². The van der Waals surface area contributed by atoms with E-state index < -0.39 is 0 Å². The van der Waals surface area contributed by atoms with Gasteiger partial charge < -0.3 is 4.90 Å². The Labute approximate surface area is 75.1 Å². The van der Waals surface area contributed by atoms with E-state index in [-0.39, 0.29) is 0 Å². The fourth-order valence-corrected chi connectivity index (χ4v) is 4.08. The van der Waals surface area contributed by atoms with Crippen LogP contribution in [0.4, 0.5) is 0 Å². The lowest BCUT2D eigenvalue weighted by Gasteiger charge is -2.39. The van der Waals surface area contributed by atoms with Crippen molar-refractivity contribution in [1.82, 2.24) is 4.90 Å². The van der Waals surface area contributed by atoms with Crippen LogP contribution in [-0.2, 0) is 0 Å². The minimum Gasteiger partial charge on any atom is -0.306 e. The molecule has 3 fully saturated rings. The zero-order valence-electron chi connectivity index (χ0n) is 8.00. The van der Waals surface area contributed by atoms with Crippen LogP contribution in [0, 0.1) is 23.7 Å². The summed E-state index contributed by atoms with van der Waals surface area (Å²) in [5, 5.41) is 0. The summed E-state index contributed by atoms with van der Waals surface area (Å²) >= 11 is 0. The maximum absolute atomic E-state index is 2.54. The van der Waals surface area contributed by atoms with Gasteiger partial charge in [0.25, 0.3) is 0 Å². The van der Waals surface area contributed by atoms with Crippen LogP contribution < -0.4 is 0 Å². The summed E-state index contributed by atoms with van der Waals surface area (Å²) in [4.78, 5) is 2.54. The minimum atomic E-state index is 1.10. The lowest BCUT2D eigenvalue weighted by atomic mass is 9.75. The number of fused-ring (bicyclic) bond motifs is 5. The Morgan fingerprint density at radius 3 is 2.58 bits per heavy atom. The summed E-state index contributed by atoms with van der Waals surface area (Å²) in [5.74, 6) is 4.51. The molecule has 0 amide bonds. The number of piperidine rings is 1. The molecule has 4 unspecified atom stereocenters. The topological polar surface area (TPSA) is 3.24 Å². The highest BCUT2D eigenvalue weighted by atomic mass is 15.1. The van der Waals surface area contributed by atoms with E-state index in [4.69, 9.17) is 0 Å². The zero-order chi connectivity index (χ0) is 8.13. The van der Waals surface area contributed by atoms with Gasteiger partial charge in [-0.05, 0) is 62.9 Å². The monoisotopic (exact) mass is 165 g/mol. The first-order valence-corrected chi connectivity index (χ1v) is 5.53. The minimum absolute atomic E-state index is 1.10. The predicted octanol–water partition coefficient (Wildman–Crippen LogP) is 1.98. The molecule has 0 N–H and O–H groups in total. The number of hydrogen-bond donors (Lipinski definition) is 0. The van der Waals surface area contributed by atoms with E-state index in [1.807, 2.05) is 0 Å². The molecule has 2 aliphatic carbocycles. The maximum Gasteiger partial charge on any atom is 0.00120 e. The molecule has 2 saturated carbocycles. The molecule has 0 aromatic rings. The first kappa shape index (κ1) is 7.37. The summed E-state index contributed by atoms with van der Waals surface area (Å²) < 4.78 is 0. The standard InChI is InChI=1S/C11H19N/c1-12-5-4-10-8-2-3-9(6-8)11(10)7-12/h8-11H,2-7H2,1H3. The van der Waals surface area contributed by atoms with Gasteiger partial charge in [-0.15, -0.1) is 0 Å². The van der Waals surface area contributed by atoms with Crippen LogP contribution in [0.1, 0.15) is 25.7 Å². The molecule has 1 nitrogen and oxygen atoms in total. The number of rotatable bonds is 0. The Morgan fingerprint density at radius 2 is 1.75 bits per heavy atom. The van der Waals surface area contributed by atoms with Gasteiger partial charge >= 0.3 is 0 Å². The first-order chi connectivity index (χ1) is 5.84. The SMILES string of the molecule is CN1CCC2C3CCC(C3)C2C1. The average Bonchev–Trinajstić information content (AvgIpc) is 2.63. The smallest absolute Gasteiger partial charge is 0.00120 e. The molecule has 0 radical (unpaired) electrons. The molecule has 1 heterocycles. The van der Waals surface area contributed by atoms with E-state index in [1.54, 1.807) is 19.3 Å². The van der Waals surface area contributed by atoms with Crippen LogP contribution in [0.15, 0.2) is 0 Å². The Kier molecular flexibility index (Phi) is 1.52. The molecule has 2 bridgehead atoms. The quantitative estimate of drug-likeness (QED) is 0.530. The highest BCUT2D eigenvalue weighted by molar-refractivity contribution is 4.99. The van der Waals surface area contributed by atoms with Crippen molar-refractivity contribution in [3.8, 4) is 0 Å². The molecule has 4 atom stereocenters. The van der Waals surface area contributed by atoms with Gasteiger partial charge in [-0.2, -0.15) is 0 Å². The molecule has 0 aromatic heterocycles. The van der Waals surface area contributed by atoms with Crippen molar-refractivity contribution in [3.63, 3.8) is 0 Å².